The molecular formula is C19H25ClN4O. The number of hydrogen-bond donors (Lipinski definition) is 2. The number of amides is 1. The maximum absolute atomic E-state index is 12.3. The van der Waals surface area contributed by atoms with Gasteiger partial charge in [0.2, 0.25) is 0 Å². The first-order valence-electron chi connectivity index (χ1n) is 8.70. The number of aromatic nitrogens is 2. The fourth-order valence-electron chi connectivity index (χ4n) is 2.47. The van der Waals surface area contributed by atoms with Crippen LogP contribution in [0.15, 0.2) is 30.3 Å². The highest BCUT2D eigenvalue weighted by Gasteiger charge is 2.10. The second kappa shape index (κ2) is 9.99. The summed E-state index contributed by atoms with van der Waals surface area (Å²) in [6.07, 6.45) is 4.15. The number of benzene rings is 1. The van der Waals surface area contributed by atoms with Crippen molar-refractivity contribution in [2.45, 2.75) is 39.5 Å². The Bertz CT molecular complexity index is 706. The summed E-state index contributed by atoms with van der Waals surface area (Å²) in [5.41, 5.74) is 1.47. The lowest BCUT2D eigenvalue weighted by atomic mass is 10.1. The van der Waals surface area contributed by atoms with E-state index in [0.29, 0.717) is 28.9 Å². The van der Waals surface area contributed by atoms with Gasteiger partial charge in [0, 0.05) is 24.2 Å². The summed E-state index contributed by atoms with van der Waals surface area (Å²) >= 11 is 5.97. The summed E-state index contributed by atoms with van der Waals surface area (Å²) in [4.78, 5) is 20.9. The van der Waals surface area contributed by atoms with Gasteiger partial charge in [-0.05, 0) is 37.5 Å². The molecule has 0 radical (unpaired) electrons. The Labute approximate surface area is 154 Å². The molecule has 25 heavy (non-hydrogen) atoms. The zero-order valence-corrected chi connectivity index (χ0v) is 15.6. The van der Waals surface area contributed by atoms with Crippen LogP contribution in [0.3, 0.4) is 0 Å². The van der Waals surface area contributed by atoms with Crippen molar-refractivity contribution in [3.63, 3.8) is 0 Å². The van der Waals surface area contributed by atoms with Crippen molar-refractivity contribution in [3.05, 3.63) is 52.4 Å². The summed E-state index contributed by atoms with van der Waals surface area (Å²) in [6, 6.07) is 9.34. The van der Waals surface area contributed by atoms with E-state index in [1.807, 2.05) is 24.3 Å². The number of anilines is 1. The standard InChI is InChI=1S/C19H25ClN4O/c1-3-4-5-10-21-18-13-17(23-14(2)24-18)19(25)22-11-9-15-7-6-8-16(20)12-15/h6-8,12-13H,3-5,9-11H2,1-2H3,(H,22,25)(H,21,23,24). The molecule has 5 nitrogen and oxygen atoms in total. The van der Waals surface area contributed by atoms with Crippen LogP contribution in [0, 0.1) is 6.92 Å². The molecule has 134 valence electrons. The summed E-state index contributed by atoms with van der Waals surface area (Å²) in [7, 11) is 0. The van der Waals surface area contributed by atoms with Crippen molar-refractivity contribution in [2.75, 3.05) is 18.4 Å². The number of carbonyl (C=O) groups excluding carboxylic acids is 1. The second-order valence-corrected chi connectivity index (χ2v) is 6.39. The van der Waals surface area contributed by atoms with Crippen LogP contribution in [0.5, 0.6) is 0 Å². The fraction of sp³-hybridized carbons (Fsp3) is 0.421. The van der Waals surface area contributed by atoms with Crippen molar-refractivity contribution < 1.29 is 4.79 Å². The van der Waals surface area contributed by atoms with Crippen LogP contribution in [0.25, 0.3) is 0 Å². The van der Waals surface area contributed by atoms with Crippen LogP contribution in [0.2, 0.25) is 5.02 Å². The SMILES string of the molecule is CCCCCNc1cc(C(=O)NCCc2cccc(Cl)c2)nc(C)n1. The Hall–Kier alpha value is -2.14. The lowest BCUT2D eigenvalue weighted by Gasteiger charge is -2.09. The molecule has 0 unspecified atom stereocenters. The van der Waals surface area contributed by atoms with Gasteiger partial charge in [-0.3, -0.25) is 4.79 Å². The molecule has 6 heteroatoms. The van der Waals surface area contributed by atoms with Crippen LogP contribution in [-0.2, 0) is 6.42 Å². The van der Waals surface area contributed by atoms with Gasteiger partial charge in [0.05, 0.1) is 0 Å². The average Bonchev–Trinajstić information content (AvgIpc) is 2.58. The largest absolute Gasteiger partial charge is 0.370 e. The van der Waals surface area contributed by atoms with Crippen molar-refractivity contribution in [3.8, 4) is 0 Å². The van der Waals surface area contributed by atoms with Gasteiger partial charge in [-0.15, -0.1) is 0 Å². The van der Waals surface area contributed by atoms with Crippen LogP contribution < -0.4 is 10.6 Å². The Kier molecular flexibility index (Phi) is 7.67. The number of halogens is 1. The first-order chi connectivity index (χ1) is 12.1. The molecule has 0 saturated heterocycles. The van der Waals surface area contributed by atoms with E-state index < -0.39 is 0 Å². The zero-order chi connectivity index (χ0) is 18.1. The topological polar surface area (TPSA) is 66.9 Å². The molecule has 0 bridgehead atoms. The third kappa shape index (κ3) is 6.70. The average molecular weight is 361 g/mol. The van der Waals surface area contributed by atoms with Crippen molar-refractivity contribution in [2.24, 2.45) is 0 Å². The molecule has 2 N–H and O–H groups in total. The van der Waals surface area contributed by atoms with E-state index >= 15 is 0 Å². The van der Waals surface area contributed by atoms with Gasteiger partial charge in [0.25, 0.3) is 5.91 Å². The van der Waals surface area contributed by atoms with Crippen LogP contribution in [-0.4, -0.2) is 29.0 Å². The van der Waals surface area contributed by atoms with E-state index in [4.69, 9.17) is 11.6 Å². The van der Waals surface area contributed by atoms with Gasteiger partial charge in [-0.1, -0.05) is 43.5 Å². The summed E-state index contributed by atoms with van der Waals surface area (Å²) in [5.74, 6) is 1.09. The normalized spacial score (nSPS) is 10.5. The maximum Gasteiger partial charge on any atom is 0.270 e. The molecular weight excluding hydrogens is 336 g/mol. The van der Waals surface area contributed by atoms with Gasteiger partial charge >= 0.3 is 0 Å². The van der Waals surface area contributed by atoms with Gasteiger partial charge < -0.3 is 10.6 Å². The first-order valence-corrected chi connectivity index (χ1v) is 9.08. The Morgan fingerprint density at radius 3 is 2.76 bits per heavy atom. The highest BCUT2D eigenvalue weighted by atomic mass is 35.5. The van der Waals surface area contributed by atoms with Gasteiger partial charge in [0.1, 0.15) is 17.3 Å². The predicted octanol–water partition coefficient (Wildman–Crippen LogP) is 4.01. The van der Waals surface area contributed by atoms with Crippen LogP contribution in [0.1, 0.15) is 48.1 Å². The lowest BCUT2D eigenvalue weighted by molar-refractivity contribution is 0.0949. The molecule has 2 aromatic rings. The molecule has 1 heterocycles. The summed E-state index contributed by atoms with van der Waals surface area (Å²) in [6.45, 7) is 5.34. The van der Waals surface area contributed by atoms with E-state index in [1.165, 1.54) is 12.8 Å². The van der Waals surface area contributed by atoms with Crippen molar-refractivity contribution in [1.29, 1.82) is 0 Å². The molecule has 1 amide bonds. The number of nitrogens with one attached hydrogen (secondary N) is 2. The smallest absolute Gasteiger partial charge is 0.270 e. The summed E-state index contributed by atoms with van der Waals surface area (Å²) < 4.78 is 0. The quantitative estimate of drug-likeness (QED) is 0.663. The highest BCUT2D eigenvalue weighted by Crippen LogP contribution is 2.11. The molecule has 0 spiro atoms. The second-order valence-electron chi connectivity index (χ2n) is 5.96. The Morgan fingerprint density at radius 2 is 2.00 bits per heavy atom. The maximum atomic E-state index is 12.3. The first kappa shape index (κ1) is 19.2. The number of rotatable bonds is 9. The third-order valence-corrected chi connectivity index (χ3v) is 3.98. The van der Waals surface area contributed by atoms with E-state index in [2.05, 4.69) is 27.5 Å². The van der Waals surface area contributed by atoms with E-state index in [-0.39, 0.29) is 5.91 Å². The van der Waals surface area contributed by atoms with E-state index in [0.717, 1.165) is 24.9 Å². The molecule has 0 aliphatic heterocycles. The molecule has 0 aliphatic rings. The minimum Gasteiger partial charge on any atom is -0.370 e. The Morgan fingerprint density at radius 1 is 1.16 bits per heavy atom. The molecule has 1 aromatic heterocycles. The van der Waals surface area contributed by atoms with Gasteiger partial charge in [-0.2, -0.15) is 0 Å². The highest BCUT2D eigenvalue weighted by molar-refractivity contribution is 6.30. The minimum absolute atomic E-state index is 0.191. The zero-order valence-electron chi connectivity index (χ0n) is 14.8. The van der Waals surface area contributed by atoms with E-state index in [1.54, 1.807) is 13.0 Å². The van der Waals surface area contributed by atoms with Crippen molar-refractivity contribution >= 4 is 23.3 Å². The lowest BCUT2D eigenvalue weighted by Crippen LogP contribution is -2.27. The summed E-state index contributed by atoms with van der Waals surface area (Å²) in [5, 5.41) is 6.86. The fourth-order valence-corrected chi connectivity index (χ4v) is 2.68. The molecule has 0 atom stereocenters. The van der Waals surface area contributed by atoms with Gasteiger partial charge in [0.15, 0.2) is 0 Å². The van der Waals surface area contributed by atoms with Crippen LogP contribution >= 0.6 is 11.6 Å². The molecule has 0 saturated carbocycles. The minimum atomic E-state index is -0.191. The molecule has 1 aromatic carbocycles. The third-order valence-electron chi connectivity index (χ3n) is 3.75. The monoisotopic (exact) mass is 360 g/mol. The number of aryl methyl sites for hydroxylation is 1. The van der Waals surface area contributed by atoms with Crippen molar-refractivity contribution in [1.82, 2.24) is 15.3 Å². The van der Waals surface area contributed by atoms with Crippen LogP contribution in [0.4, 0.5) is 5.82 Å². The molecule has 0 fully saturated rings. The van der Waals surface area contributed by atoms with E-state index in [9.17, 15) is 4.79 Å². The number of carbonyl (C=O) groups is 1. The van der Waals surface area contributed by atoms with Gasteiger partial charge in [-0.25, -0.2) is 9.97 Å². The number of nitrogens with zero attached hydrogens (tertiary/aromatic N) is 2. The Balaban J connectivity index is 1.88. The predicted molar refractivity (Wildman–Crippen MR) is 102 cm³/mol. The molecule has 2 rings (SSSR count). The molecule has 0 aliphatic carbocycles. The number of hydrogen-bond acceptors (Lipinski definition) is 4. The number of unbranched alkanes of at least 4 members (excludes halogenated alkanes) is 2.